The SMILES string of the molecule is C[C@]1(CO)CC[C@]2(C(=O)O)CC[C@]3(C)C(=CC[C@@H]4[C@]5(C)[C@@H]6[C@H](C[C@]43C)NC[C@H]5[C@@H](O)[C@@H](O[C@@H]3OC[C@@H](O)[C@H](O)[C@H]3O)[C@@]6(C)CO)[C@@H]2C1. The summed E-state index contributed by atoms with van der Waals surface area (Å²) >= 11 is 0. The van der Waals surface area contributed by atoms with Crippen LogP contribution in [0.5, 0.6) is 0 Å². The number of carboxylic acid groups (broad SMARTS) is 1. The minimum Gasteiger partial charge on any atom is -0.481 e. The fraction of sp³-hybridized carbons (Fsp3) is 0.917. The summed E-state index contributed by atoms with van der Waals surface area (Å²) in [6, 6.07) is -0.0192. The van der Waals surface area contributed by atoms with Gasteiger partial charge in [-0.1, -0.05) is 46.3 Å². The third kappa shape index (κ3) is 4.27. The molecule has 266 valence electrons. The Morgan fingerprint density at radius 3 is 2.32 bits per heavy atom. The number of nitrogens with one attached hydrogen (secondary N) is 1. The van der Waals surface area contributed by atoms with E-state index in [2.05, 4.69) is 39.1 Å². The molecule has 0 amide bonds. The summed E-state index contributed by atoms with van der Waals surface area (Å²) in [6.45, 7) is 11.2. The Hall–Kier alpha value is -1.15. The van der Waals surface area contributed by atoms with E-state index < -0.39 is 59.0 Å². The van der Waals surface area contributed by atoms with Gasteiger partial charge < -0.3 is 50.5 Å². The van der Waals surface area contributed by atoms with Crippen LogP contribution in [0.25, 0.3) is 0 Å². The molecule has 7 aliphatic rings. The fourth-order valence-corrected chi connectivity index (χ4v) is 13.2. The lowest BCUT2D eigenvalue weighted by molar-refractivity contribution is -0.347. The van der Waals surface area contributed by atoms with Crippen LogP contribution in [0.15, 0.2) is 11.6 Å². The maximum atomic E-state index is 13.0. The molecule has 2 saturated heterocycles. The number of hydrogen-bond donors (Lipinski definition) is 8. The highest BCUT2D eigenvalue weighted by atomic mass is 16.7. The predicted octanol–water partition coefficient (Wildman–Crippen LogP) is 1.42. The lowest BCUT2D eigenvalue weighted by Crippen LogP contribution is -2.80. The van der Waals surface area contributed by atoms with Crippen LogP contribution in [-0.4, -0.2) is 111 Å². The highest BCUT2D eigenvalue weighted by molar-refractivity contribution is 5.76. The monoisotopic (exact) mass is 663 g/mol. The lowest BCUT2D eigenvalue weighted by Gasteiger charge is -2.76. The molecule has 0 radical (unpaired) electrons. The Balaban J connectivity index is 1.28. The molecule has 0 aromatic carbocycles. The first-order valence-electron chi connectivity index (χ1n) is 17.9. The topological polar surface area (TPSA) is 189 Å². The van der Waals surface area contributed by atoms with Crippen molar-refractivity contribution in [2.45, 2.75) is 122 Å². The summed E-state index contributed by atoms with van der Waals surface area (Å²) in [6.07, 6.45) is -0.184. The van der Waals surface area contributed by atoms with Gasteiger partial charge in [-0.25, -0.2) is 0 Å². The molecular formula is C36H57NO10. The van der Waals surface area contributed by atoms with Gasteiger partial charge in [0.15, 0.2) is 6.29 Å². The third-order valence-electron chi connectivity index (χ3n) is 16.1. The first-order valence-corrected chi connectivity index (χ1v) is 17.9. The second-order valence-electron chi connectivity index (χ2n) is 18.0. The van der Waals surface area contributed by atoms with Gasteiger partial charge in [-0.05, 0) is 84.4 Å². The number of aliphatic hydroxyl groups excluding tert-OH is 6. The number of carbonyl (C=O) groups is 1. The van der Waals surface area contributed by atoms with E-state index in [1.807, 2.05) is 6.92 Å². The lowest BCUT2D eigenvalue weighted by atomic mass is 9.30. The van der Waals surface area contributed by atoms with Crippen LogP contribution in [0.2, 0.25) is 0 Å². The van der Waals surface area contributed by atoms with Gasteiger partial charge in [0.1, 0.15) is 18.3 Å². The van der Waals surface area contributed by atoms with Gasteiger partial charge in [-0.15, -0.1) is 0 Å². The zero-order chi connectivity index (χ0) is 34.1. The molecule has 8 N–H and O–H groups in total. The number of fused-ring (bicyclic) bond motifs is 5. The van der Waals surface area contributed by atoms with Crippen LogP contribution >= 0.6 is 0 Å². The number of ether oxygens (including phenoxy) is 2. The van der Waals surface area contributed by atoms with Crippen LogP contribution in [-0.2, 0) is 14.3 Å². The van der Waals surface area contributed by atoms with E-state index in [-0.39, 0.29) is 65.8 Å². The summed E-state index contributed by atoms with van der Waals surface area (Å²) in [7, 11) is 0. The van der Waals surface area contributed by atoms with Crippen molar-refractivity contribution in [1.29, 1.82) is 0 Å². The molecule has 5 aliphatic carbocycles. The number of aliphatic hydroxyl groups is 6. The molecular weight excluding hydrogens is 606 g/mol. The van der Waals surface area contributed by atoms with Crippen molar-refractivity contribution >= 4 is 5.97 Å². The molecule has 7 rings (SSSR count). The molecule has 11 nitrogen and oxygen atoms in total. The quantitative estimate of drug-likeness (QED) is 0.157. The fourth-order valence-electron chi connectivity index (χ4n) is 13.2. The molecule has 2 heterocycles. The van der Waals surface area contributed by atoms with Gasteiger partial charge in [-0.3, -0.25) is 4.79 Å². The second kappa shape index (κ2) is 10.9. The van der Waals surface area contributed by atoms with E-state index in [0.29, 0.717) is 32.2 Å². The molecule has 0 unspecified atom stereocenters. The van der Waals surface area contributed by atoms with Crippen molar-refractivity contribution in [3.05, 3.63) is 11.6 Å². The maximum Gasteiger partial charge on any atom is 0.310 e. The van der Waals surface area contributed by atoms with Crippen molar-refractivity contribution in [2.24, 2.45) is 56.2 Å². The highest BCUT2D eigenvalue weighted by Gasteiger charge is 2.76. The average Bonchev–Trinajstić information content (AvgIpc) is 3.02. The second-order valence-corrected chi connectivity index (χ2v) is 18.0. The van der Waals surface area contributed by atoms with Crippen LogP contribution in [0.1, 0.15) is 79.6 Å². The van der Waals surface area contributed by atoms with Crippen LogP contribution < -0.4 is 5.32 Å². The van der Waals surface area contributed by atoms with Crippen molar-refractivity contribution in [3.63, 3.8) is 0 Å². The molecule has 4 saturated carbocycles. The Kier molecular flexibility index (Phi) is 7.97. The molecule has 0 spiro atoms. The van der Waals surface area contributed by atoms with Gasteiger partial charge in [0, 0.05) is 30.5 Å². The number of piperidine rings is 1. The highest BCUT2D eigenvalue weighted by Crippen LogP contribution is 2.77. The van der Waals surface area contributed by atoms with E-state index in [1.54, 1.807) is 0 Å². The Labute approximate surface area is 277 Å². The van der Waals surface area contributed by atoms with E-state index in [1.165, 1.54) is 5.57 Å². The first kappa shape index (κ1) is 34.3. The zero-order valence-electron chi connectivity index (χ0n) is 28.6. The molecule has 11 heteroatoms. The normalized spacial score (nSPS) is 58.4. The largest absolute Gasteiger partial charge is 0.481 e. The summed E-state index contributed by atoms with van der Waals surface area (Å²) < 4.78 is 12.0. The first-order chi connectivity index (χ1) is 22.0. The predicted molar refractivity (Wildman–Crippen MR) is 170 cm³/mol. The standard InChI is InChI=1S/C36H57NO10/c1-31(16-38)8-10-36(30(44)45)11-9-33(3)18(19(36)12-31)6-7-23-34(33,4)13-21-27-32(2,17-39)28(24(41)20(14-37-21)35(23,27)5)47-29-26(43)25(42)22(40)15-46-29/h6,19-29,37-43H,7-17H2,1-5H3,(H,44,45)/t19-,20-,21-,22+,23-,24+,25-,26+,27+,28+,29-,31-,32-,33+,34+,35+,36-/m0/s1. The molecule has 17 atom stereocenters. The maximum absolute atomic E-state index is 13.0. The molecule has 47 heavy (non-hydrogen) atoms. The summed E-state index contributed by atoms with van der Waals surface area (Å²) in [5.41, 5.74) is -1.76. The van der Waals surface area contributed by atoms with Crippen LogP contribution in [0, 0.1) is 56.2 Å². The van der Waals surface area contributed by atoms with Gasteiger partial charge in [-0.2, -0.15) is 0 Å². The van der Waals surface area contributed by atoms with E-state index in [0.717, 1.165) is 19.3 Å². The van der Waals surface area contributed by atoms with Crippen molar-refractivity contribution < 1.29 is 50.0 Å². The molecule has 4 bridgehead atoms. The number of aliphatic carboxylic acids is 1. The minimum absolute atomic E-state index is 0.0192. The summed E-state index contributed by atoms with van der Waals surface area (Å²) in [5, 5.41) is 79.4. The third-order valence-corrected chi connectivity index (χ3v) is 16.1. The molecule has 2 aliphatic heterocycles. The number of hydrogen-bond acceptors (Lipinski definition) is 10. The molecule has 6 fully saturated rings. The Morgan fingerprint density at radius 1 is 0.957 bits per heavy atom. The van der Waals surface area contributed by atoms with Gasteiger partial charge >= 0.3 is 5.97 Å². The Bertz CT molecular complexity index is 1310. The number of carboxylic acids is 1. The summed E-state index contributed by atoms with van der Waals surface area (Å²) in [4.78, 5) is 13.0. The molecule has 0 aromatic heterocycles. The zero-order valence-corrected chi connectivity index (χ0v) is 28.6. The number of allylic oxidation sites excluding steroid dienone is 2. The van der Waals surface area contributed by atoms with Crippen molar-refractivity contribution in [2.75, 3.05) is 26.4 Å². The smallest absolute Gasteiger partial charge is 0.310 e. The van der Waals surface area contributed by atoms with Crippen LogP contribution in [0.4, 0.5) is 0 Å². The van der Waals surface area contributed by atoms with Crippen molar-refractivity contribution in [1.82, 2.24) is 5.32 Å². The van der Waals surface area contributed by atoms with Crippen molar-refractivity contribution in [3.8, 4) is 0 Å². The van der Waals surface area contributed by atoms with Gasteiger partial charge in [0.2, 0.25) is 0 Å². The number of rotatable bonds is 5. The van der Waals surface area contributed by atoms with E-state index in [4.69, 9.17) is 9.47 Å². The van der Waals surface area contributed by atoms with Gasteiger partial charge in [0.05, 0.1) is 30.8 Å². The van der Waals surface area contributed by atoms with Crippen LogP contribution in [0.3, 0.4) is 0 Å². The van der Waals surface area contributed by atoms with Gasteiger partial charge in [0.25, 0.3) is 0 Å². The van der Waals surface area contributed by atoms with E-state index >= 15 is 0 Å². The molecule has 0 aromatic rings. The summed E-state index contributed by atoms with van der Waals surface area (Å²) in [5.74, 6) is -1.08. The Morgan fingerprint density at radius 2 is 1.66 bits per heavy atom. The van der Waals surface area contributed by atoms with E-state index in [9.17, 15) is 40.5 Å². The minimum atomic E-state index is -1.51. The average molecular weight is 664 g/mol.